The van der Waals surface area contributed by atoms with E-state index >= 15 is 0 Å². The predicted molar refractivity (Wildman–Crippen MR) is 82.0 cm³/mol. The Hall–Kier alpha value is -1.35. The molecule has 0 saturated heterocycles. The van der Waals surface area contributed by atoms with Gasteiger partial charge in [-0.2, -0.15) is 0 Å². The van der Waals surface area contributed by atoms with E-state index in [1.54, 1.807) is 7.05 Å². The molecule has 20 heavy (non-hydrogen) atoms. The number of anilines is 2. The van der Waals surface area contributed by atoms with Crippen molar-refractivity contribution in [1.82, 2.24) is 9.88 Å². The Bertz CT molecular complexity index is 568. The molecule has 0 aliphatic heterocycles. The van der Waals surface area contributed by atoms with Crippen molar-refractivity contribution >= 4 is 38.0 Å². The molecule has 1 aromatic heterocycles. The minimum absolute atomic E-state index is 0.0745. The van der Waals surface area contributed by atoms with Crippen LogP contribution in [0.2, 0.25) is 0 Å². The highest BCUT2D eigenvalue weighted by molar-refractivity contribution is 7.90. The molecule has 0 spiro atoms. The van der Waals surface area contributed by atoms with Crippen molar-refractivity contribution in [3.8, 4) is 0 Å². The average molecular weight is 320 g/mol. The first kappa shape index (κ1) is 16.7. The Kier molecular flexibility index (Phi) is 5.75. The number of nitrogens with zero attached hydrogens (tertiary/aromatic N) is 2. The third-order valence-electron chi connectivity index (χ3n) is 2.52. The molecule has 7 nitrogen and oxygen atoms in total. The lowest BCUT2D eigenvalue weighted by Gasteiger charge is -2.15. The SMILES string of the molecule is CCCNc1nc(N)c(C(=O)N(C)CCS(C)(=O)=O)s1. The Morgan fingerprint density at radius 3 is 2.70 bits per heavy atom. The molecule has 0 aliphatic rings. The third kappa shape index (κ3) is 4.97. The van der Waals surface area contributed by atoms with Crippen LogP contribution in [0.4, 0.5) is 10.9 Å². The Morgan fingerprint density at radius 1 is 1.50 bits per heavy atom. The molecule has 0 aliphatic carbocycles. The van der Waals surface area contributed by atoms with Crippen LogP contribution in [0.5, 0.6) is 0 Å². The second kappa shape index (κ2) is 6.89. The molecule has 9 heteroatoms. The van der Waals surface area contributed by atoms with E-state index in [1.165, 1.54) is 16.2 Å². The molecule has 0 atom stereocenters. The van der Waals surface area contributed by atoms with E-state index in [9.17, 15) is 13.2 Å². The maximum atomic E-state index is 12.2. The van der Waals surface area contributed by atoms with Crippen LogP contribution in [0.25, 0.3) is 0 Å². The molecule has 1 aromatic rings. The van der Waals surface area contributed by atoms with Gasteiger partial charge < -0.3 is 16.0 Å². The van der Waals surface area contributed by atoms with Crippen molar-refractivity contribution in [3.63, 3.8) is 0 Å². The van der Waals surface area contributed by atoms with E-state index in [1.807, 2.05) is 6.92 Å². The van der Waals surface area contributed by atoms with Crippen molar-refractivity contribution < 1.29 is 13.2 Å². The fourth-order valence-corrected chi connectivity index (χ4v) is 2.88. The number of hydrogen-bond donors (Lipinski definition) is 2. The first-order valence-electron chi connectivity index (χ1n) is 6.18. The van der Waals surface area contributed by atoms with Gasteiger partial charge in [0.25, 0.3) is 5.91 Å². The number of carbonyl (C=O) groups excluding carboxylic acids is 1. The van der Waals surface area contributed by atoms with Crippen molar-refractivity contribution in [2.45, 2.75) is 13.3 Å². The maximum absolute atomic E-state index is 12.2. The number of sulfone groups is 1. The van der Waals surface area contributed by atoms with Crippen LogP contribution in [0, 0.1) is 0 Å². The quantitative estimate of drug-likeness (QED) is 0.765. The third-order valence-corrected chi connectivity index (χ3v) is 4.46. The summed E-state index contributed by atoms with van der Waals surface area (Å²) in [5.74, 6) is -0.215. The number of thiazole rings is 1. The monoisotopic (exact) mass is 320 g/mol. The van der Waals surface area contributed by atoms with Gasteiger partial charge in [-0.25, -0.2) is 13.4 Å². The Labute approximate surface area is 123 Å². The van der Waals surface area contributed by atoms with E-state index in [0.29, 0.717) is 10.0 Å². The molecule has 0 radical (unpaired) electrons. The minimum atomic E-state index is -3.10. The second-order valence-corrected chi connectivity index (χ2v) is 7.78. The van der Waals surface area contributed by atoms with Gasteiger partial charge in [-0.1, -0.05) is 18.3 Å². The van der Waals surface area contributed by atoms with Gasteiger partial charge in [-0.15, -0.1) is 0 Å². The lowest BCUT2D eigenvalue weighted by Crippen LogP contribution is -2.31. The smallest absolute Gasteiger partial charge is 0.267 e. The van der Waals surface area contributed by atoms with Crippen LogP contribution in [-0.4, -0.2) is 56.4 Å². The van der Waals surface area contributed by atoms with E-state index in [2.05, 4.69) is 10.3 Å². The highest BCUT2D eigenvalue weighted by Gasteiger charge is 2.20. The molecule has 3 N–H and O–H groups in total. The second-order valence-electron chi connectivity index (χ2n) is 4.52. The summed E-state index contributed by atoms with van der Waals surface area (Å²) in [5, 5.41) is 3.67. The van der Waals surface area contributed by atoms with Gasteiger partial charge in [0.05, 0.1) is 5.75 Å². The number of amides is 1. The van der Waals surface area contributed by atoms with Gasteiger partial charge in [0.15, 0.2) is 5.13 Å². The standard InChI is InChI=1S/C11H20N4O3S2/c1-4-5-13-11-14-9(12)8(19-11)10(16)15(2)6-7-20(3,17)18/h4-7,12H2,1-3H3,(H,13,14). The number of aromatic nitrogens is 1. The fraction of sp³-hybridized carbons (Fsp3) is 0.636. The lowest BCUT2D eigenvalue weighted by molar-refractivity contribution is 0.0809. The number of nitrogens with two attached hydrogens (primary N) is 1. The number of nitrogen functional groups attached to an aromatic ring is 1. The maximum Gasteiger partial charge on any atom is 0.267 e. The average Bonchev–Trinajstić information content (AvgIpc) is 2.73. The van der Waals surface area contributed by atoms with E-state index in [4.69, 9.17) is 5.73 Å². The normalized spacial score (nSPS) is 11.3. The zero-order valence-corrected chi connectivity index (χ0v) is 13.5. The fourth-order valence-electron chi connectivity index (χ4n) is 1.37. The first-order valence-corrected chi connectivity index (χ1v) is 9.05. The highest BCUT2D eigenvalue weighted by Crippen LogP contribution is 2.26. The molecule has 0 saturated carbocycles. The van der Waals surface area contributed by atoms with Crippen molar-refractivity contribution in [2.75, 3.05) is 43.2 Å². The summed E-state index contributed by atoms with van der Waals surface area (Å²) in [4.78, 5) is 17.9. The topological polar surface area (TPSA) is 105 Å². The van der Waals surface area contributed by atoms with Gasteiger partial charge in [0.2, 0.25) is 0 Å². The molecule has 0 unspecified atom stereocenters. The number of carbonyl (C=O) groups is 1. The van der Waals surface area contributed by atoms with Crippen LogP contribution < -0.4 is 11.1 Å². The van der Waals surface area contributed by atoms with Crippen molar-refractivity contribution in [3.05, 3.63) is 4.88 Å². The molecule has 1 heterocycles. The minimum Gasteiger partial charge on any atom is -0.382 e. The van der Waals surface area contributed by atoms with Gasteiger partial charge in [-0.3, -0.25) is 4.79 Å². The zero-order chi connectivity index (χ0) is 15.3. The van der Waals surface area contributed by atoms with Crippen LogP contribution in [0.15, 0.2) is 0 Å². The molecule has 114 valence electrons. The zero-order valence-electron chi connectivity index (χ0n) is 11.8. The highest BCUT2D eigenvalue weighted by atomic mass is 32.2. The van der Waals surface area contributed by atoms with E-state index < -0.39 is 9.84 Å². The van der Waals surface area contributed by atoms with Gasteiger partial charge in [-0.05, 0) is 6.42 Å². The number of nitrogens with one attached hydrogen (secondary N) is 1. The van der Waals surface area contributed by atoms with Crippen LogP contribution in [0.3, 0.4) is 0 Å². The van der Waals surface area contributed by atoms with Crippen LogP contribution in [0.1, 0.15) is 23.0 Å². The largest absolute Gasteiger partial charge is 0.382 e. The van der Waals surface area contributed by atoms with E-state index in [0.717, 1.165) is 19.2 Å². The predicted octanol–water partition coefficient (Wildman–Crippen LogP) is 0.664. The molecular formula is C11H20N4O3S2. The summed E-state index contributed by atoms with van der Waals surface area (Å²) >= 11 is 1.18. The summed E-state index contributed by atoms with van der Waals surface area (Å²) in [5.41, 5.74) is 5.73. The van der Waals surface area contributed by atoms with Crippen LogP contribution in [-0.2, 0) is 9.84 Å². The van der Waals surface area contributed by atoms with Gasteiger partial charge in [0, 0.05) is 26.4 Å². The molecule has 0 bridgehead atoms. The summed E-state index contributed by atoms with van der Waals surface area (Å²) in [6.07, 6.45) is 2.08. The molecule has 0 fully saturated rings. The summed E-state index contributed by atoms with van der Waals surface area (Å²) in [7, 11) is -1.55. The van der Waals surface area contributed by atoms with E-state index in [-0.39, 0.29) is 24.0 Å². The summed E-state index contributed by atoms with van der Waals surface area (Å²) < 4.78 is 22.2. The molecule has 0 aromatic carbocycles. The van der Waals surface area contributed by atoms with Crippen molar-refractivity contribution in [1.29, 1.82) is 0 Å². The Balaban J connectivity index is 2.73. The molecule has 1 amide bonds. The van der Waals surface area contributed by atoms with Gasteiger partial charge in [0.1, 0.15) is 20.5 Å². The summed E-state index contributed by atoms with van der Waals surface area (Å²) in [6, 6.07) is 0. The lowest BCUT2D eigenvalue weighted by atomic mass is 10.4. The molecule has 1 rings (SSSR count). The number of hydrogen-bond acceptors (Lipinski definition) is 7. The first-order chi connectivity index (χ1) is 9.24. The number of rotatable bonds is 7. The van der Waals surface area contributed by atoms with Crippen molar-refractivity contribution in [2.24, 2.45) is 0 Å². The molecular weight excluding hydrogens is 300 g/mol. The van der Waals surface area contributed by atoms with Crippen LogP contribution >= 0.6 is 11.3 Å². The van der Waals surface area contributed by atoms with Gasteiger partial charge >= 0.3 is 0 Å². The summed E-state index contributed by atoms with van der Waals surface area (Å²) in [6.45, 7) is 2.91. The Morgan fingerprint density at radius 2 is 2.15 bits per heavy atom.